The second-order valence-electron chi connectivity index (χ2n) is 3.85. The Bertz CT molecular complexity index is 601. The monoisotopic (exact) mass is 299 g/mol. The van der Waals surface area contributed by atoms with Crippen molar-refractivity contribution in [3.63, 3.8) is 0 Å². The van der Waals surface area contributed by atoms with Gasteiger partial charge in [-0.15, -0.1) is 0 Å². The van der Waals surface area contributed by atoms with Gasteiger partial charge in [0.05, 0.1) is 6.07 Å². The molecule has 0 N–H and O–H groups in total. The first-order valence-corrected chi connectivity index (χ1v) is 6.26. The van der Waals surface area contributed by atoms with Crippen LogP contribution in [0.15, 0.2) is 59.1 Å². The van der Waals surface area contributed by atoms with E-state index in [4.69, 9.17) is 0 Å². The van der Waals surface area contributed by atoms with Gasteiger partial charge in [-0.25, -0.2) is 0 Å². The maximum absolute atomic E-state index is 12.2. The second-order valence-corrected chi connectivity index (χ2v) is 4.76. The molecule has 0 fully saturated rings. The Morgan fingerprint density at radius 2 is 1.83 bits per heavy atom. The molecule has 0 aliphatic rings. The Morgan fingerprint density at radius 1 is 1.11 bits per heavy atom. The molecule has 0 saturated carbocycles. The van der Waals surface area contributed by atoms with Gasteiger partial charge < -0.3 is 0 Å². The van der Waals surface area contributed by atoms with Crippen LogP contribution in [0.4, 0.5) is 0 Å². The number of halogens is 1. The number of rotatable bonds is 3. The molecule has 0 aliphatic carbocycles. The molecule has 0 aliphatic heterocycles. The summed E-state index contributed by atoms with van der Waals surface area (Å²) in [6, 6.07) is 18.2. The molecular formula is C15H10BrNO. The SMILES string of the molecule is N#CC(C(=O)c1ccccc1)c1cccc(Br)c1. The molecule has 2 rings (SSSR count). The fourth-order valence-electron chi connectivity index (χ4n) is 1.74. The molecule has 18 heavy (non-hydrogen) atoms. The largest absolute Gasteiger partial charge is 0.292 e. The molecular weight excluding hydrogens is 290 g/mol. The predicted octanol–water partition coefficient (Wildman–Crippen LogP) is 3.94. The number of ketones is 1. The fraction of sp³-hybridized carbons (Fsp3) is 0.0667. The van der Waals surface area contributed by atoms with Crippen molar-refractivity contribution in [2.24, 2.45) is 0 Å². The van der Waals surface area contributed by atoms with Crippen molar-refractivity contribution in [3.8, 4) is 6.07 Å². The lowest BCUT2D eigenvalue weighted by atomic mass is 9.92. The molecule has 0 amide bonds. The van der Waals surface area contributed by atoms with Crippen molar-refractivity contribution in [2.45, 2.75) is 5.92 Å². The van der Waals surface area contributed by atoms with Crippen LogP contribution < -0.4 is 0 Å². The van der Waals surface area contributed by atoms with E-state index in [1.807, 2.05) is 18.2 Å². The highest BCUT2D eigenvalue weighted by atomic mass is 79.9. The van der Waals surface area contributed by atoms with Crippen molar-refractivity contribution < 1.29 is 4.79 Å². The van der Waals surface area contributed by atoms with Crippen LogP contribution in [0.3, 0.4) is 0 Å². The zero-order chi connectivity index (χ0) is 13.0. The summed E-state index contributed by atoms with van der Waals surface area (Å²) in [7, 11) is 0. The third-order valence-corrected chi connectivity index (χ3v) is 3.12. The maximum Gasteiger partial charge on any atom is 0.184 e. The lowest BCUT2D eigenvalue weighted by Crippen LogP contribution is -2.11. The summed E-state index contributed by atoms with van der Waals surface area (Å²) in [6.45, 7) is 0. The first-order chi connectivity index (χ1) is 8.72. The first-order valence-electron chi connectivity index (χ1n) is 5.46. The first kappa shape index (κ1) is 12.5. The van der Waals surface area contributed by atoms with E-state index in [0.29, 0.717) is 11.1 Å². The molecule has 2 nitrogen and oxygen atoms in total. The zero-order valence-corrected chi connectivity index (χ0v) is 11.1. The smallest absolute Gasteiger partial charge is 0.184 e. The average Bonchev–Trinajstić information content (AvgIpc) is 2.40. The van der Waals surface area contributed by atoms with Gasteiger partial charge in [0.25, 0.3) is 0 Å². The van der Waals surface area contributed by atoms with Crippen molar-refractivity contribution in [3.05, 3.63) is 70.2 Å². The third kappa shape index (κ3) is 2.66. The number of carbonyl (C=O) groups is 1. The molecule has 0 aromatic heterocycles. The van der Waals surface area contributed by atoms with E-state index < -0.39 is 5.92 Å². The van der Waals surface area contributed by atoms with Crippen LogP contribution in [0.25, 0.3) is 0 Å². The quantitative estimate of drug-likeness (QED) is 0.806. The van der Waals surface area contributed by atoms with Crippen LogP contribution >= 0.6 is 15.9 Å². The van der Waals surface area contributed by atoms with Crippen LogP contribution in [-0.2, 0) is 0 Å². The molecule has 1 unspecified atom stereocenters. The van der Waals surface area contributed by atoms with Gasteiger partial charge in [-0.05, 0) is 17.7 Å². The molecule has 2 aromatic rings. The number of benzene rings is 2. The van der Waals surface area contributed by atoms with Gasteiger partial charge in [0.15, 0.2) is 5.78 Å². The van der Waals surface area contributed by atoms with E-state index in [-0.39, 0.29) is 5.78 Å². The van der Waals surface area contributed by atoms with Gasteiger partial charge in [-0.3, -0.25) is 4.79 Å². The van der Waals surface area contributed by atoms with Crippen molar-refractivity contribution in [1.82, 2.24) is 0 Å². The summed E-state index contributed by atoms with van der Waals surface area (Å²) >= 11 is 3.34. The maximum atomic E-state index is 12.2. The molecule has 1 atom stereocenters. The Hall–Kier alpha value is -1.92. The minimum Gasteiger partial charge on any atom is -0.292 e. The number of carbonyl (C=O) groups excluding carboxylic acids is 1. The van der Waals surface area contributed by atoms with Gasteiger partial charge >= 0.3 is 0 Å². The van der Waals surface area contributed by atoms with E-state index in [1.165, 1.54) is 0 Å². The molecule has 0 saturated heterocycles. The van der Waals surface area contributed by atoms with E-state index in [2.05, 4.69) is 22.0 Å². The minimum atomic E-state index is -0.759. The normalized spacial score (nSPS) is 11.6. The highest BCUT2D eigenvalue weighted by molar-refractivity contribution is 9.10. The van der Waals surface area contributed by atoms with E-state index in [9.17, 15) is 10.1 Å². The van der Waals surface area contributed by atoms with Crippen molar-refractivity contribution in [1.29, 1.82) is 5.26 Å². The Balaban J connectivity index is 2.36. The standard InChI is InChI=1S/C15H10BrNO/c16-13-8-4-7-12(9-13)14(10-17)15(18)11-5-2-1-3-6-11/h1-9,14H. The van der Waals surface area contributed by atoms with Gasteiger partial charge in [-0.2, -0.15) is 5.26 Å². The summed E-state index contributed by atoms with van der Waals surface area (Å²) in [5.41, 5.74) is 1.27. The Morgan fingerprint density at radius 3 is 2.44 bits per heavy atom. The third-order valence-electron chi connectivity index (χ3n) is 2.63. The number of hydrogen-bond donors (Lipinski definition) is 0. The van der Waals surface area contributed by atoms with Gasteiger partial charge in [0.1, 0.15) is 5.92 Å². The highest BCUT2D eigenvalue weighted by Crippen LogP contribution is 2.23. The number of Topliss-reactive ketones (excluding diaryl/α,β-unsaturated/α-hetero) is 1. The van der Waals surface area contributed by atoms with Crippen LogP contribution in [0.5, 0.6) is 0 Å². The summed E-state index contributed by atoms with van der Waals surface area (Å²) in [6.07, 6.45) is 0. The summed E-state index contributed by atoms with van der Waals surface area (Å²) < 4.78 is 0.862. The zero-order valence-electron chi connectivity index (χ0n) is 9.51. The molecule has 0 heterocycles. The topological polar surface area (TPSA) is 40.9 Å². The molecule has 0 spiro atoms. The van der Waals surface area contributed by atoms with Crippen LogP contribution in [0.2, 0.25) is 0 Å². The predicted molar refractivity (Wildman–Crippen MR) is 73.3 cm³/mol. The minimum absolute atomic E-state index is 0.170. The molecule has 0 bridgehead atoms. The van der Waals surface area contributed by atoms with Gasteiger partial charge in [-0.1, -0.05) is 58.4 Å². The Labute approximate surface area is 114 Å². The van der Waals surface area contributed by atoms with E-state index in [1.54, 1.807) is 36.4 Å². The fourth-order valence-corrected chi connectivity index (χ4v) is 2.16. The lowest BCUT2D eigenvalue weighted by molar-refractivity contribution is 0.0979. The highest BCUT2D eigenvalue weighted by Gasteiger charge is 2.21. The van der Waals surface area contributed by atoms with Gasteiger partial charge in [0.2, 0.25) is 0 Å². The van der Waals surface area contributed by atoms with Crippen LogP contribution in [0.1, 0.15) is 21.8 Å². The summed E-state index contributed by atoms with van der Waals surface area (Å²) in [5, 5.41) is 9.22. The lowest BCUT2D eigenvalue weighted by Gasteiger charge is -2.08. The molecule has 0 radical (unpaired) electrons. The van der Waals surface area contributed by atoms with Gasteiger partial charge in [0, 0.05) is 10.0 Å². The molecule has 3 heteroatoms. The van der Waals surface area contributed by atoms with Crippen molar-refractivity contribution >= 4 is 21.7 Å². The molecule has 88 valence electrons. The number of hydrogen-bond acceptors (Lipinski definition) is 2. The number of nitrogens with zero attached hydrogens (tertiary/aromatic N) is 1. The number of nitriles is 1. The summed E-state index contributed by atoms with van der Waals surface area (Å²) in [5.74, 6) is -0.930. The molecule has 2 aromatic carbocycles. The van der Waals surface area contributed by atoms with E-state index >= 15 is 0 Å². The van der Waals surface area contributed by atoms with Crippen LogP contribution in [0, 0.1) is 11.3 Å². The average molecular weight is 300 g/mol. The Kier molecular flexibility index (Phi) is 3.91. The van der Waals surface area contributed by atoms with E-state index in [0.717, 1.165) is 4.47 Å². The summed E-state index contributed by atoms with van der Waals surface area (Å²) in [4.78, 5) is 12.2. The van der Waals surface area contributed by atoms with Crippen molar-refractivity contribution in [2.75, 3.05) is 0 Å². The van der Waals surface area contributed by atoms with Crippen LogP contribution in [-0.4, -0.2) is 5.78 Å². The second kappa shape index (κ2) is 5.61.